The van der Waals surface area contributed by atoms with E-state index in [1.807, 2.05) is 0 Å². The van der Waals surface area contributed by atoms with Crippen LogP contribution in [-0.2, 0) is 38.5 Å². The summed E-state index contributed by atoms with van der Waals surface area (Å²) >= 11 is 0. The van der Waals surface area contributed by atoms with E-state index in [9.17, 15) is 0 Å². The lowest BCUT2D eigenvalue weighted by Crippen LogP contribution is -2.04. The number of rotatable bonds is 36. The van der Waals surface area contributed by atoms with Crippen LogP contribution in [0.4, 0.5) is 0 Å². The summed E-state index contributed by atoms with van der Waals surface area (Å²) in [6.45, 7) is 37.8. The Hall–Kier alpha value is -5.98. The highest BCUT2D eigenvalue weighted by atomic mass is 14.4. The van der Waals surface area contributed by atoms with Crippen molar-refractivity contribution in [2.75, 3.05) is 0 Å². The summed E-state index contributed by atoms with van der Waals surface area (Å²) in [4.78, 5) is 0. The number of hydrogen-bond donors (Lipinski definition) is 0. The highest BCUT2D eigenvalue weighted by Crippen LogP contribution is 2.61. The fourth-order valence-corrected chi connectivity index (χ4v) is 18.1. The molecular weight excluding hydrogens is 1110 g/mol. The van der Waals surface area contributed by atoms with Gasteiger partial charge in [0.05, 0.1) is 0 Å². The van der Waals surface area contributed by atoms with Crippen LogP contribution in [0.3, 0.4) is 0 Å². The van der Waals surface area contributed by atoms with E-state index in [0.717, 1.165) is 87.9 Å². The Labute approximate surface area is 554 Å². The molecule has 0 bridgehead atoms. The average Bonchev–Trinajstić information content (AvgIpc) is 0.644. The van der Waals surface area contributed by atoms with Crippen LogP contribution in [0.5, 0.6) is 0 Å². The maximum Gasteiger partial charge on any atom is -0.0000472 e. The molecule has 0 amide bonds. The highest BCUT2D eigenvalue weighted by Gasteiger charge is 2.33. The third kappa shape index (κ3) is 12.4. The third-order valence-electron chi connectivity index (χ3n) is 23.3. The molecule has 0 fully saturated rings. The number of hydrogen-bond acceptors (Lipinski definition) is 0. The lowest BCUT2D eigenvalue weighted by molar-refractivity contribution is 0.437. The first kappa shape index (κ1) is 64.7. The first-order valence-electron chi connectivity index (χ1n) is 38.0. The molecule has 4 atom stereocenters. The van der Waals surface area contributed by atoms with Crippen LogP contribution in [0.15, 0.2) is 98.1 Å². The molecule has 13 aromatic rings. The molecule has 0 N–H and O–H groups in total. The molecule has 0 saturated carbocycles. The zero-order valence-corrected chi connectivity index (χ0v) is 59.5. The summed E-state index contributed by atoms with van der Waals surface area (Å²) < 4.78 is 0. The van der Waals surface area contributed by atoms with Crippen molar-refractivity contribution in [3.63, 3.8) is 0 Å². The van der Waals surface area contributed by atoms with E-state index in [1.165, 1.54) is 233 Å². The lowest BCUT2D eigenvalue weighted by Gasteiger charge is -2.30. The van der Waals surface area contributed by atoms with Crippen LogP contribution in [0.25, 0.3) is 129 Å². The van der Waals surface area contributed by atoms with Gasteiger partial charge in [0.25, 0.3) is 0 Å². The SMILES string of the molecule is C=CCCCc1cc2c3cc(CCC(C)CCCC(C)C)cc4c5cc(CCC(C)CCCC(C)C)cc6c7cc(CCCC=C)cc8c9cc(CCC(C)CCCC(C)C)cc%10c%11cc(CCC(C)CCCC(C)C)cc%12c(c1)c2c1c(c34)c(c65)c(c78)c(c9%10)c1c%12%11. The van der Waals surface area contributed by atoms with Crippen LogP contribution >= 0.6 is 0 Å². The standard InChI is InChI=1S/C92H114/c1-15-17-19-33-63-43-69-73-47-65(39-35-59(11)29-21-25-55(3)4)51-77-79-53-67(41-37-61(13)31-23-27-57(7)8)49-75-71-45-64(34-20-18-16-2)46-72-76-50-68(42-38-62(14)32-24-28-58(9)10)54-80-78-52-66(40-36-60(12)30-22-26-56(5)6)48-74-70(44-63)81(69)87-89(83(73)77)91(85(75)79)88(82(71)72)92(86(76)80)90(87)84(74)78/h15-16,43-62H,1-2,17-42H2,3-14H3. The van der Waals surface area contributed by atoms with E-state index in [4.69, 9.17) is 0 Å². The summed E-state index contributed by atoms with van der Waals surface area (Å²) in [6, 6.07) is 32.8. The fourth-order valence-electron chi connectivity index (χ4n) is 18.1. The summed E-state index contributed by atoms with van der Waals surface area (Å²) in [6.07, 6.45) is 35.9. The van der Waals surface area contributed by atoms with Crippen LogP contribution in [0.2, 0.25) is 0 Å². The zero-order valence-electron chi connectivity index (χ0n) is 59.5. The van der Waals surface area contributed by atoms with Gasteiger partial charge in [-0.1, -0.05) is 245 Å². The molecule has 482 valence electrons. The second kappa shape index (κ2) is 27.4. The predicted molar refractivity (Wildman–Crippen MR) is 415 cm³/mol. The van der Waals surface area contributed by atoms with Gasteiger partial charge in [0.2, 0.25) is 0 Å². The van der Waals surface area contributed by atoms with Gasteiger partial charge < -0.3 is 0 Å². The second-order valence-electron chi connectivity index (χ2n) is 32.9. The molecule has 13 rings (SSSR count). The minimum atomic E-state index is 0.689. The first-order chi connectivity index (χ1) is 44.5. The maximum atomic E-state index is 4.24. The van der Waals surface area contributed by atoms with E-state index in [0.29, 0.717) is 23.7 Å². The minimum absolute atomic E-state index is 0.689. The Balaban J connectivity index is 1.18. The molecule has 0 saturated heterocycles. The first-order valence-corrected chi connectivity index (χ1v) is 38.0. The summed E-state index contributed by atoms with van der Waals surface area (Å²) in [5.74, 6) is 5.79. The maximum absolute atomic E-state index is 4.24. The quantitative estimate of drug-likeness (QED) is 0.0159. The number of fused-ring (bicyclic) bond motifs is 6. The predicted octanol–water partition coefficient (Wildman–Crippen LogP) is 28.7. The molecule has 0 aliphatic rings. The van der Waals surface area contributed by atoms with E-state index >= 15 is 0 Å². The van der Waals surface area contributed by atoms with Gasteiger partial charge in [-0.2, -0.15) is 0 Å². The van der Waals surface area contributed by atoms with Gasteiger partial charge in [-0.3, -0.25) is 0 Å². The number of unbranched alkanes of at least 4 members (excludes halogenated alkanes) is 2. The van der Waals surface area contributed by atoms with Crippen molar-refractivity contribution < 1.29 is 0 Å². The Kier molecular flexibility index (Phi) is 19.3. The van der Waals surface area contributed by atoms with Gasteiger partial charge >= 0.3 is 0 Å². The molecule has 92 heavy (non-hydrogen) atoms. The Bertz CT molecular complexity index is 4080. The zero-order chi connectivity index (χ0) is 64.2. The Morgan fingerprint density at radius 1 is 0.217 bits per heavy atom. The molecule has 0 radical (unpaired) electrons. The van der Waals surface area contributed by atoms with E-state index in [-0.39, 0.29) is 0 Å². The van der Waals surface area contributed by atoms with Crippen molar-refractivity contribution in [2.24, 2.45) is 47.3 Å². The summed E-state index contributed by atoms with van der Waals surface area (Å²) in [5.41, 5.74) is 9.06. The Morgan fingerprint density at radius 2 is 0.391 bits per heavy atom. The Morgan fingerprint density at radius 3 is 0.554 bits per heavy atom. The van der Waals surface area contributed by atoms with Crippen molar-refractivity contribution in [3.05, 3.63) is 131 Å². The van der Waals surface area contributed by atoms with Crippen molar-refractivity contribution in [2.45, 2.75) is 250 Å². The van der Waals surface area contributed by atoms with Gasteiger partial charge in [0.15, 0.2) is 0 Å². The summed E-state index contributed by atoms with van der Waals surface area (Å²) in [7, 11) is 0. The van der Waals surface area contributed by atoms with Crippen LogP contribution < -0.4 is 0 Å². The lowest BCUT2D eigenvalue weighted by atomic mass is 9.72. The van der Waals surface area contributed by atoms with Gasteiger partial charge in [-0.15, -0.1) is 13.2 Å². The van der Waals surface area contributed by atoms with Gasteiger partial charge in [-0.25, -0.2) is 0 Å². The molecule has 13 aromatic carbocycles. The van der Waals surface area contributed by atoms with Crippen LogP contribution in [-0.4, -0.2) is 0 Å². The molecule has 4 unspecified atom stereocenters. The van der Waals surface area contributed by atoms with Crippen LogP contribution in [0, 0.1) is 47.3 Å². The molecule has 0 aromatic heterocycles. The van der Waals surface area contributed by atoms with Gasteiger partial charge in [0.1, 0.15) is 0 Å². The highest BCUT2D eigenvalue weighted by molar-refractivity contribution is 6.61. The van der Waals surface area contributed by atoms with E-state index in [2.05, 4.69) is 181 Å². The molecule has 0 heteroatoms. The number of benzene rings is 13. The molecule has 0 aliphatic carbocycles. The average molecular weight is 1220 g/mol. The van der Waals surface area contributed by atoms with Crippen LogP contribution in [0.1, 0.15) is 245 Å². The smallest absolute Gasteiger partial charge is 0.0000472 e. The molecule has 0 heterocycles. The van der Waals surface area contributed by atoms with Gasteiger partial charge in [-0.05, 0) is 300 Å². The van der Waals surface area contributed by atoms with Crippen molar-refractivity contribution in [3.8, 4) is 0 Å². The largest absolute Gasteiger partial charge is 0.103 e. The second-order valence-corrected chi connectivity index (χ2v) is 32.9. The molecule has 0 aliphatic heterocycles. The monoisotopic (exact) mass is 1220 g/mol. The topological polar surface area (TPSA) is 0 Å². The summed E-state index contributed by atoms with van der Waals surface area (Å²) in [5, 5.41) is 36.3. The molecule has 0 nitrogen and oxygen atoms in total. The van der Waals surface area contributed by atoms with Crippen molar-refractivity contribution in [1.29, 1.82) is 0 Å². The fraction of sp³-hybridized carbons (Fsp3) is 0.500. The van der Waals surface area contributed by atoms with E-state index in [1.54, 1.807) is 32.3 Å². The number of aryl methyl sites for hydroxylation is 6. The van der Waals surface area contributed by atoms with Crippen molar-refractivity contribution >= 4 is 129 Å². The van der Waals surface area contributed by atoms with Gasteiger partial charge in [0, 0.05) is 0 Å². The van der Waals surface area contributed by atoms with Crippen molar-refractivity contribution in [1.82, 2.24) is 0 Å². The minimum Gasteiger partial charge on any atom is -0.103 e. The number of allylic oxidation sites excluding steroid dienone is 2. The normalized spacial score (nSPS) is 14.4. The molecule has 0 spiro atoms. The third-order valence-corrected chi connectivity index (χ3v) is 23.3. The van der Waals surface area contributed by atoms with E-state index < -0.39 is 0 Å². The molecular formula is C92H114.